The van der Waals surface area contributed by atoms with Gasteiger partial charge >= 0.3 is 0 Å². The van der Waals surface area contributed by atoms with Gasteiger partial charge < -0.3 is 5.73 Å². The molecule has 1 aromatic heterocycles. The summed E-state index contributed by atoms with van der Waals surface area (Å²) >= 11 is 0. The first kappa shape index (κ1) is 11.2. The lowest BCUT2D eigenvalue weighted by atomic mass is 10.0. The summed E-state index contributed by atoms with van der Waals surface area (Å²) in [6.45, 7) is 0. The number of carbonyl (C=O) groups is 1. The zero-order valence-electron chi connectivity index (χ0n) is 10.8. The van der Waals surface area contributed by atoms with Gasteiger partial charge in [0.05, 0.1) is 10.9 Å². The Morgan fingerprint density at radius 3 is 2.95 bits per heavy atom. The molecule has 0 unspecified atom stereocenters. The molecule has 0 radical (unpaired) electrons. The van der Waals surface area contributed by atoms with Crippen molar-refractivity contribution in [3.63, 3.8) is 0 Å². The number of anilines is 1. The summed E-state index contributed by atoms with van der Waals surface area (Å²) < 4.78 is 0. The number of rotatable bonds is 0. The number of carbonyl (C=O) groups excluding carboxylic acids is 1. The highest BCUT2D eigenvalue weighted by molar-refractivity contribution is 6.13. The molecule has 20 heavy (non-hydrogen) atoms. The molecule has 2 aromatic carbocycles. The average molecular weight is 260 g/mol. The van der Waals surface area contributed by atoms with E-state index >= 15 is 0 Å². The number of Topliss-reactive ketones (excluding diaryl/α,β-unsaturated/α-hetero) is 1. The molecular weight excluding hydrogens is 248 g/mol. The molecule has 0 bridgehead atoms. The van der Waals surface area contributed by atoms with Gasteiger partial charge in [-0.05, 0) is 28.8 Å². The van der Waals surface area contributed by atoms with Crippen molar-refractivity contribution in [1.82, 2.24) is 4.98 Å². The zero-order chi connectivity index (χ0) is 13.7. The van der Waals surface area contributed by atoms with Crippen LogP contribution in [-0.4, -0.2) is 10.8 Å². The Morgan fingerprint density at radius 2 is 2.05 bits per heavy atom. The summed E-state index contributed by atoms with van der Waals surface area (Å²) in [7, 11) is 0. The standard InChI is InChI=1S/C17H12N2O/c18-14-3-1-2-10-5-7-15-13(17(10)14)8-11-4-6-12(20)9-16(11)19-15/h1-5,7-9H,6,18H2. The molecule has 0 saturated carbocycles. The Hall–Kier alpha value is -2.68. The minimum Gasteiger partial charge on any atom is -0.398 e. The maximum Gasteiger partial charge on any atom is 0.161 e. The first-order valence-electron chi connectivity index (χ1n) is 6.55. The number of nitrogens with two attached hydrogens (primary N) is 1. The van der Waals surface area contributed by atoms with Gasteiger partial charge in [-0.2, -0.15) is 0 Å². The van der Waals surface area contributed by atoms with Crippen LogP contribution in [-0.2, 0) is 4.79 Å². The lowest BCUT2D eigenvalue weighted by molar-refractivity contribution is -0.112. The van der Waals surface area contributed by atoms with Gasteiger partial charge in [0.1, 0.15) is 0 Å². The van der Waals surface area contributed by atoms with Crippen molar-refractivity contribution in [3.05, 3.63) is 47.0 Å². The largest absolute Gasteiger partial charge is 0.398 e. The molecule has 1 heterocycles. The van der Waals surface area contributed by atoms with Gasteiger partial charge in [-0.3, -0.25) is 4.79 Å². The molecule has 3 nitrogen and oxygen atoms in total. The maximum absolute atomic E-state index is 11.5. The molecular formula is C17H12N2O. The van der Waals surface area contributed by atoms with Crippen LogP contribution in [0.2, 0.25) is 0 Å². The van der Waals surface area contributed by atoms with Crippen LogP contribution in [0.5, 0.6) is 0 Å². The molecule has 0 saturated heterocycles. The first-order chi connectivity index (χ1) is 9.72. The molecule has 0 atom stereocenters. The summed E-state index contributed by atoms with van der Waals surface area (Å²) in [5.41, 5.74) is 7.74. The number of nitrogens with zero attached hydrogens (tertiary/aromatic N) is 1. The first-order valence-corrected chi connectivity index (χ1v) is 6.55. The van der Waals surface area contributed by atoms with Crippen LogP contribution < -0.4 is 16.3 Å². The van der Waals surface area contributed by atoms with E-state index < -0.39 is 0 Å². The number of hydrogen-bond acceptors (Lipinski definition) is 3. The Labute approximate surface area is 115 Å². The van der Waals surface area contributed by atoms with Gasteiger partial charge in [0.15, 0.2) is 5.78 Å². The predicted molar refractivity (Wildman–Crippen MR) is 81.5 cm³/mol. The Balaban J connectivity index is 2.26. The van der Waals surface area contributed by atoms with Gasteiger partial charge in [-0.25, -0.2) is 4.98 Å². The van der Waals surface area contributed by atoms with Gasteiger partial charge in [-0.1, -0.05) is 24.3 Å². The lowest BCUT2D eigenvalue weighted by Gasteiger charge is -2.07. The second-order valence-electron chi connectivity index (χ2n) is 5.06. The van der Waals surface area contributed by atoms with Gasteiger partial charge in [0, 0.05) is 29.0 Å². The molecule has 1 aliphatic carbocycles. The van der Waals surface area contributed by atoms with Crippen LogP contribution in [0.1, 0.15) is 6.42 Å². The molecule has 1 aliphatic rings. The highest BCUT2D eigenvalue weighted by Gasteiger charge is 2.08. The number of ketones is 1. The molecule has 96 valence electrons. The maximum atomic E-state index is 11.5. The van der Waals surface area contributed by atoms with Crippen molar-refractivity contribution < 1.29 is 4.79 Å². The topological polar surface area (TPSA) is 56.0 Å². The monoisotopic (exact) mass is 260 g/mol. The van der Waals surface area contributed by atoms with Crippen molar-refractivity contribution in [2.24, 2.45) is 0 Å². The zero-order valence-corrected chi connectivity index (χ0v) is 10.8. The Morgan fingerprint density at radius 1 is 1.15 bits per heavy atom. The molecule has 4 rings (SSSR count). The van der Waals surface area contributed by atoms with E-state index in [0.29, 0.717) is 6.42 Å². The normalized spacial score (nSPS) is 13.9. The van der Waals surface area contributed by atoms with E-state index in [1.165, 1.54) is 0 Å². The summed E-state index contributed by atoms with van der Waals surface area (Å²) in [4.78, 5) is 16.1. The van der Waals surface area contributed by atoms with Crippen LogP contribution >= 0.6 is 0 Å². The Kier molecular flexibility index (Phi) is 2.18. The van der Waals surface area contributed by atoms with Gasteiger partial charge in [-0.15, -0.1) is 0 Å². The summed E-state index contributed by atoms with van der Waals surface area (Å²) in [6.07, 6.45) is 4.00. The highest BCUT2D eigenvalue weighted by atomic mass is 16.1. The van der Waals surface area contributed by atoms with Crippen molar-refractivity contribution in [1.29, 1.82) is 0 Å². The van der Waals surface area contributed by atoms with E-state index in [-0.39, 0.29) is 5.78 Å². The van der Waals surface area contributed by atoms with E-state index in [2.05, 4.69) is 11.1 Å². The number of pyridine rings is 1. The predicted octanol–water partition coefficient (Wildman–Crippen LogP) is 1.50. The minimum absolute atomic E-state index is 0.102. The van der Waals surface area contributed by atoms with E-state index in [4.69, 9.17) is 5.73 Å². The van der Waals surface area contributed by atoms with Crippen molar-refractivity contribution >= 4 is 45.3 Å². The molecule has 3 heteroatoms. The van der Waals surface area contributed by atoms with Crippen LogP contribution in [0.3, 0.4) is 0 Å². The van der Waals surface area contributed by atoms with E-state index in [1.54, 1.807) is 6.08 Å². The van der Waals surface area contributed by atoms with Gasteiger partial charge in [0.25, 0.3) is 0 Å². The number of benzene rings is 2. The average Bonchev–Trinajstić information content (AvgIpc) is 2.45. The molecule has 2 N–H and O–H groups in total. The SMILES string of the molecule is Nc1cccc2ccc3nc4c(cc3c12)=CCC(=O)C=4. The van der Waals surface area contributed by atoms with Crippen molar-refractivity contribution in [2.75, 3.05) is 5.73 Å². The lowest BCUT2D eigenvalue weighted by Crippen LogP contribution is -2.32. The van der Waals surface area contributed by atoms with Crippen LogP contribution in [0.15, 0.2) is 36.4 Å². The molecule has 3 aromatic rings. The molecule has 0 aliphatic heterocycles. The third kappa shape index (κ3) is 1.53. The van der Waals surface area contributed by atoms with Crippen molar-refractivity contribution in [2.45, 2.75) is 6.42 Å². The van der Waals surface area contributed by atoms with Crippen molar-refractivity contribution in [3.8, 4) is 0 Å². The van der Waals surface area contributed by atoms with E-state index in [1.807, 2.05) is 36.4 Å². The number of hydrogen-bond donors (Lipinski definition) is 1. The molecule has 0 fully saturated rings. The molecule has 0 amide bonds. The number of nitrogen functional groups attached to an aromatic ring is 1. The second kappa shape index (κ2) is 3.90. The second-order valence-corrected chi connectivity index (χ2v) is 5.06. The summed E-state index contributed by atoms with van der Waals surface area (Å²) in [6, 6.07) is 12.0. The fourth-order valence-corrected chi connectivity index (χ4v) is 2.79. The van der Waals surface area contributed by atoms with E-state index in [0.717, 1.165) is 37.9 Å². The van der Waals surface area contributed by atoms with Crippen LogP contribution in [0, 0.1) is 0 Å². The summed E-state index contributed by atoms with van der Waals surface area (Å²) in [5, 5.41) is 4.94. The van der Waals surface area contributed by atoms with Gasteiger partial charge in [0.2, 0.25) is 0 Å². The number of aromatic nitrogens is 1. The van der Waals surface area contributed by atoms with Crippen LogP contribution in [0.25, 0.3) is 33.8 Å². The molecule has 0 spiro atoms. The Bertz CT molecular complexity index is 1000. The third-order valence-electron chi connectivity index (χ3n) is 3.75. The summed E-state index contributed by atoms with van der Waals surface area (Å²) in [5.74, 6) is 0.102. The minimum atomic E-state index is 0.102. The quantitative estimate of drug-likeness (QED) is 0.492. The fraction of sp³-hybridized carbons (Fsp3) is 0.0588. The smallest absolute Gasteiger partial charge is 0.161 e. The highest BCUT2D eigenvalue weighted by Crippen LogP contribution is 2.27. The van der Waals surface area contributed by atoms with E-state index in [9.17, 15) is 4.79 Å². The van der Waals surface area contributed by atoms with Crippen LogP contribution in [0.4, 0.5) is 5.69 Å². The fourth-order valence-electron chi connectivity index (χ4n) is 2.79. The third-order valence-corrected chi connectivity index (χ3v) is 3.75. The number of fused-ring (bicyclic) bond motifs is 4.